The predicted molar refractivity (Wildman–Crippen MR) is 130 cm³/mol. The minimum atomic E-state index is -0.865. The molecule has 3 aromatic carbocycles. The molecule has 2 bridgehead atoms. The molecule has 1 fully saturated rings. The van der Waals surface area contributed by atoms with Gasteiger partial charge >= 0.3 is 0 Å². The first kappa shape index (κ1) is 20.7. The van der Waals surface area contributed by atoms with Crippen LogP contribution in [-0.2, 0) is 18.2 Å². The molecule has 0 N–H and O–H groups in total. The molecule has 0 unspecified atom stereocenters. The van der Waals surface area contributed by atoms with Crippen molar-refractivity contribution in [2.75, 3.05) is 4.90 Å². The van der Waals surface area contributed by atoms with Gasteiger partial charge in [0.2, 0.25) is 11.8 Å². The summed E-state index contributed by atoms with van der Waals surface area (Å²) in [7, 11) is 0. The Kier molecular flexibility index (Phi) is 4.15. The SMILES string of the molecule is Cc1cc([N+](=O)[O-])ccc1N1C(=O)[C@H]2[C@H](C1=O)C1(Br)c3ccccc3C2(Br)c2ccccc21. The van der Waals surface area contributed by atoms with E-state index in [4.69, 9.17) is 0 Å². The van der Waals surface area contributed by atoms with Gasteiger partial charge in [-0.3, -0.25) is 19.7 Å². The molecule has 8 heteroatoms. The quantitative estimate of drug-likeness (QED) is 0.182. The van der Waals surface area contributed by atoms with Gasteiger partial charge in [-0.15, -0.1) is 0 Å². The number of benzene rings is 3. The molecule has 6 nitrogen and oxygen atoms in total. The van der Waals surface area contributed by atoms with Crippen molar-refractivity contribution in [1.82, 2.24) is 0 Å². The molecule has 0 radical (unpaired) electrons. The number of carbonyl (C=O) groups is 2. The van der Waals surface area contributed by atoms with Crippen molar-refractivity contribution in [3.05, 3.63) is 105 Å². The van der Waals surface area contributed by atoms with Gasteiger partial charge < -0.3 is 0 Å². The summed E-state index contributed by atoms with van der Waals surface area (Å²) in [6, 6.07) is 20.0. The van der Waals surface area contributed by atoms with Crippen LogP contribution in [0.1, 0.15) is 27.8 Å². The third-order valence-electron chi connectivity index (χ3n) is 7.22. The maximum Gasteiger partial charge on any atom is 0.269 e. The van der Waals surface area contributed by atoms with E-state index in [1.54, 1.807) is 6.92 Å². The summed E-state index contributed by atoms with van der Waals surface area (Å²) in [5.74, 6) is -1.98. The van der Waals surface area contributed by atoms with Crippen LogP contribution >= 0.6 is 31.9 Å². The Hall–Kier alpha value is -2.84. The zero-order valence-corrected chi connectivity index (χ0v) is 20.5. The minimum absolute atomic E-state index is 0.0819. The third-order valence-corrected chi connectivity index (χ3v) is 9.91. The van der Waals surface area contributed by atoms with Crippen LogP contribution < -0.4 is 4.90 Å². The number of non-ortho nitro benzene ring substituents is 1. The molecule has 33 heavy (non-hydrogen) atoms. The lowest BCUT2D eigenvalue weighted by molar-refractivity contribution is -0.384. The highest BCUT2D eigenvalue weighted by Crippen LogP contribution is 2.70. The fourth-order valence-electron chi connectivity index (χ4n) is 5.91. The van der Waals surface area contributed by atoms with Crippen molar-refractivity contribution < 1.29 is 14.5 Å². The number of imide groups is 1. The van der Waals surface area contributed by atoms with E-state index < -0.39 is 25.4 Å². The highest BCUT2D eigenvalue weighted by atomic mass is 79.9. The maximum atomic E-state index is 14.0. The molecule has 1 heterocycles. The number of rotatable bonds is 2. The highest BCUT2D eigenvalue weighted by Gasteiger charge is 2.72. The number of carbonyl (C=O) groups excluding carboxylic acids is 2. The first-order valence-corrected chi connectivity index (χ1v) is 12.0. The summed E-state index contributed by atoms with van der Waals surface area (Å²) >= 11 is 7.94. The monoisotopic (exact) mass is 566 g/mol. The van der Waals surface area contributed by atoms with Crippen LogP contribution in [0.15, 0.2) is 66.7 Å². The van der Waals surface area contributed by atoms with Crippen LogP contribution in [0.5, 0.6) is 0 Å². The van der Waals surface area contributed by atoms with Gasteiger partial charge in [-0.1, -0.05) is 80.4 Å². The number of nitro groups is 1. The summed E-state index contributed by atoms with van der Waals surface area (Å²) in [6.45, 7) is 1.68. The smallest absolute Gasteiger partial charge is 0.269 e. The average Bonchev–Trinajstić information content (AvgIpc) is 3.08. The Morgan fingerprint density at radius 1 is 0.818 bits per heavy atom. The van der Waals surface area contributed by atoms with E-state index in [1.807, 2.05) is 48.5 Å². The van der Waals surface area contributed by atoms with Crippen LogP contribution in [0.25, 0.3) is 0 Å². The Morgan fingerprint density at radius 2 is 1.24 bits per heavy atom. The Balaban J connectivity index is 1.61. The third kappa shape index (κ3) is 2.33. The average molecular weight is 568 g/mol. The predicted octanol–water partition coefficient (Wildman–Crippen LogP) is 5.31. The molecular weight excluding hydrogens is 552 g/mol. The van der Waals surface area contributed by atoms with Crippen molar-refractivity contribution in [2.24, 2.45) is 11.8 Å². The topological polar surface area (TPSA) is 80.5 Å². The summed E-state index contributed by atoms with van der Waals surface area (Å²) < 4.78 is -1.73. The van der Waals surface area contributed by atoms with Crippen molar-refractivity contribution in [1.29, 1.82) is 0 Å². The van der Waals surface area contributed by atoms with E-state index in [0.29, 0.717) is 11.3 Å². The molecule has 3 aromatic rings. The van der Waals surface area contributed by atoms with E-state index in [2.05, 4.69) is 31.9 Å². The van der Waals surface area contributed by atoms with Gasteiger partial charge in [-0.05, 0) is 40.8 Å². The second-order valence-corrected chi connectivity index (χ2v) is 11.2. The van der Waals surface area contributed by atoms with Gasteiger partial charge in [0, 0.05) is 12.1 Å². The lowest BCUT2D eigenvalue weighted by atomic mass is 9.54. The van der Waals surface area contributed by atoms with Crippen molar-refractivity contribution in [2.45, 2.75) is 15.6 Å². The van der Waals surface area contributed by atoms with Gasteiger partial charge in [-0.2, -0.15) is 0 Å². The van der Waals surface area contributed by atoms with Crippen LogP contribution in [-0.4, -0.2) is 16.7 Å². The van der Waals surface area contributed by atoms with Crippen molar-refractivity contribution in [3.63, 3.8) is 0 Å². The maximum absolute atomic E-state index is 14.0. The largest absolute Gasteiger partial charge is 0.274 e. The number of anilines is 1. The second-order valence-electron chi connectivity index (χ2n) is 8.71. The van der Waals surface area contributed by atoms with Gasteiger partial charge in [-0.25, -0.2) is 4.90 Å². The molecule has 4 aliphatic rings. The number of nitro benzene ring substituents is 1. The number of hydrogen-bond donors (Lipinski definition) is 0. The summed E-state index contributed by atoms with van der Waals surface area (Å²) in [5.41, 5.74) is 4.65. The minimum Gasteiger partial charge on any atom is -0.274 e. The van der Waals surface area contributed by atoms with Gasteiger partial charge in [0.25, 0.3) is 5.69 Å². The lowest BCUT2D eigenvalue weighted by Gasteiger charge is -2.55. The van der Waals surface area contributed by atoms with Crippen LogP contribution in [0.3, 0.4) is 0 Å². The molecular formula is C25H16Br2N2O4. The second kappa shape index (κ2) is 6.61. The van der Waals surface area contributed by atoms with Crippen LogP contribution in [0.4, 0.5) is 11.4 Å². The molecule has 0 saturated carbocycles. The summed E-state index contributed by atoms with van der Waals surface area (Å²) in [5, 5.41) is 11.2. The first-order valence-electron chi connectivity index (χ1n) is 10.4. The van der Waals surface area contributed by atoms with Crippen LogP contribution in [0, 0.1) is 28.9 Å². The van der Waals surface area contributed by atoms with Crippen molar-refractivity contribution in [3.8, 4) is 0 Å². The molecule has 7 rings (SSSR count). The number of aryl methyl sites for hydroxylation is 1. The fourth-order valence-corrected chi connectivity index (χ4v) is 8.21. The molecule has 1 aliphatic heterocycles. The summed E-state index contributed by atoms with van der Waals surface area (Å²) in [6.07, 6.45) is 0. The molecule has 0 spiro atoms. The Morgan fingerprint density at radius 3 is 1.61 bits per heavy atom. The molecule has 164 valence electrons. The fraction of sp³-hybridized carbons (Fsp3) is 0.200. The van der Waals surface area contributed by atoms with E-state index >= 15 is 0 Å². The van der Waals surface area contributed by atoms with E-state index in [1.165, 1.54) is 23.1 Å². The molecule has 0 aromatic heterocycles. The standard InChI is InChI=1S/C25H16Br2N2O4/c1-13-12-14(29(32)33)10-11-19(13)28-22(30)20-21(23(28)31)25(27)16-7-3-2-6-15(16)24(20,26)17-8-4-5-9-18(17)25/h2-12,20-21H,1H3/t20-,21-,24?,25?/m1/s1. The number of amides is 2. The molecule has 2 amide bonds. The number of nitrogens with zero attached hydrogens (tertiary/aromatic N) is 2. The number of alkyl halides is 2. The van der Waals surface area contributed by atoms with E-state index in [9.17, 15) is 19.7 Å². The zero-order chi connectivity index (χ0) is 23.3. The normalized spacial score (nSPS) is 29.0. The van der Waals surface area contributed by atoms with Crippen LogP contribution in [0.2, 0.25) is 0 Å². The number of hydrogen-bond acceptors (Lipinski definition) is 4. The van der Waals surface area contributed by atoms with E-state index in [-0.39, 0.29) is 17.5 Å². The summed E-state index contributed by atoms with van der Waals surface area (Å²) in [4.78, 5) is 39.9. The zero-order valence-electron chi connectivity index (χ0n) is 17.3. The van der Waals surface area contributed by atoms with Gasteiger partial charge in [0.05, 0.1) is 31.1 Å². The Bertz CT molecular complexity index is 1300. The van der Waals surface area contributed by atoms with Gasteiger partial charge in [0.15, 0.2) is 0 Å². The molecule has 3 aliphatic carbocycles. The number of halogens is 2. The molecule has 2 atom stereocenters. The van der Waals surface area contributed by atoms with Crippen molar-refractivity contribution >= 4 is 55.0 Å². The Labute approximate surface area is 206 Å². The van der Waals surface area contributed by atoms with E-state index in [0.717, 1.165) is 22.3 Å². The van der Waals surface area contributed by atoms with Gasteiger partial charge in [0.1, 0.15) is 0 Å². The highest BCUT2D eigenvalue weighted by molar-refractivity contribution is 9.10. The lowest BCUT2D eigenvalue weighted by Crippen LogP contribution is -2.56. The first-order chi connectivity index (χ1) is 15.7. The molecule has 1 saturated heterocycles.